The highest BCUT2D eigenvalue weighted by molar-refractivity contribution is 6.32. The molecular weight excluding hydrogens is 465 g/mol. The molecule has 0 aliphatic carbocycles. The second-order valence-electron chi connectivity index (χ2n) is 6.70. The van der Waals surface area contributed by atoms with Crippen LogP contribution in [0.3, 0.4) is 0 Å². The standard InChI is InChI=1S/C24H17Cl2N3O4/c25-17-2-4-18(5-3-17)28-23(31)14-33-22-10-1-15(12-21(22)26)11-16(13-27)24(32)29-19-6-8-20(30)9-7-19/h1-12,30H,14H2,(H,28,31)(H,29,32)/b16-11+. The number of phenols is 1. The molecule has 33 heavy (non-hydrogen) atoms. The van der Waals surface area contributed by atoms with E-state index in [2.05, 4.69) is 10.6 Å². The van der Waals surface area contributed by atoms with Crippen molar-refractivity contribution in [3.05, 3.63) is 87.9 Å². The van der Waals surface area contributed by atoms with Crippen LogP contribution in [-0.4, -0.2) is 23.5 Å². The van der Waals surface area contributed by atoms with E-state index in [-0.39, 0.29) is 34.6 Å². The Kier molecular flexibility index (Phi) is 7.92. The third kappa shape index (κ3) is 7.01. The molecule has 0 bridgehead atoms. The van der Waals surface area contributed by atoms with Gasteiger partial charge in [-0.3, -0.25) is 9.59 Å². The van der Waals surface area contributed by atoms with Crippen LogP contribution < -0.4 is 15.4 Å². The number of anilines is 2. The number of hydrogen-bond acceptors (Lipinski definition) is 5. The SMILES string of the molecule is N#C/C(=C\c1ccc(OCC(=O)Nc2ccc(Cl)cc2)c(Cl)c1)C(=O)Nc1ccc(O)cc1. The fourth-order valence-electron chi connectivity index (χ4n) is 2.66. The number of nitrogens with one attached hydrogen (secondary N) is 2. The van der Waals surface area contributed by atoms with Gasteiger partial charge in [-0.1, -0.05) is 29.3 Å². The van der Waals surface area contributed by atoms with Crippen LogP contribution in [0.5, 0.6) is 11.5 Å². The number of amides is 2. The molecule has 7 nitrogen and oxygen atoms in total. The molecule has 0 spiro atoms. The van der Waals surface area contributed by atoms with Gasteiger partial charge < -0.3 is 20.5 Å². The third-order valence-electron chi connectivity index (χ3n) is 4.24. The van der Waals surface area contributed by atoms with Crippen LogP contribution in [0.4, 0.5) is 11.4 Å². The molecule has 0 aliphatic rings. The van der Waals surface area contributed by atoms with Crippen molar-refractivity contribution < 1.29 is 19.4 Å². The van der Waals surface area contributed by atoms with Crippen molar-refractivity contribution in [3.63, 3.8) is 0 Å². The Hall–Kier alpha value is -3.99. The number of nitrogens with zero attached hydrogens (tertiary/aromatic N) is 1. The zero-order valence-electron chi connectivity index (χ0n) is 17.0. The summed E-state index contributed by atoms with van der Waals surface area (Å²) in [6.07, 6.45) is 1.37. The van der Waals surface area contributed by atoms with Crippen molar-refractivity contribution in [2.75, 3.05) is 17.2 Å². The van der Waals surface area contributed by atoms with Crippen LogP contribution >= 0.6 is 23.2 Å². The number of benzene rings is 3. The maximum Gasteiger partial charge on any atom is 0.266 e. The maximum absolute atomic E-state index is 12.4. The number of aromatic hydroxyl groups is 1. The molecule has 3 aromatic rings. The van der Waals surface area contributed by atoms with E-state index in [1.165, 1.54) is 42.5 Å². The Bertz CT molecular complexity index is 1230. The number of nitriles is 1. The van der Waals surface area contributed by atoms with Crippen LogP contribution in [0.15, 0.2) is 72.3 Å². The summed E-state index contributed by atoms with van der Waals surface area (Å²) in [6.45, 7) is -0.268. The van der Waals surface area contributed by atoms with E-state index in [4.69, 9.17) is 27.9 Å². The number of hydrogen-bond donors (Lipinski definition) is 3. The highest BCUT2D eigenvalue weighted by Crippen LogP contribution is 2.27. The first-order chi connectivity index (χ1) is 15.8. The van der Waals surface area contributed by atoms with Gasteiger partial charge in [0.1, 0.15) is 23.1 Å². The van der Waals surface area contributed by atoms with E-state index in [0.29, 0.717) is 22.0 Å². The normalized spacial score (nSPS) is 10.8. The highest BCUT2D eigenvalue weighted by atomic mass is 35.5. The maximum atomic E-state index is 12.4. The minimum atomic E-state index is -0.612. The molecule has 0 radical (unpaired) electrons. The van der Waals surface area contributed by atoms with Gasteiger partial charge >= 0.3 is 0 Å². The summed E-state index contributed by atoms with van der Waals surface area (Å²) in [7, 11) is 0. The van der Waals surface area contributed by atoms with Crippen molar-refractivity contribution in [2.24, 2.45) is 0 Å². The number of ether oxygens (including phenoxy) is 1. The third-order valence-corrected chi connectivity index (χ3v) is 4.79. The molecule has 3 N–H and O–H groups in total. The first-order valence-electron chi connectivity index (χ1n) is 9.54. The van der Waals surface area contributed by atoms with E-state index in [1.54, 1.807) is 30.3 Å². The first-order valence-corrected chi connectivity index (χ1v) is 10.3. The summed E-state index contributed by atoms with van der Waals surface area (Å²) in [5.41, 5.74) is 1.36. The molecule has 0 aromatic heterocycles. The zero-order valence-corrected chi connectivity index (χ0v) is 18.5. The van der Waals surface area contributed by atoms with Crippen LogP contribution in [0.1, 0.15) is 5.56 Å². The molecule has 0 saturated heterocycles. The average Bonchev–Trinajstić information content (AvgIpc) is 2.80. The predicted octanol–water partition coefficient (Wildman–Crippen LogP) is 5.26. The first kappa shape index (κ1) is 23.7. The van der Waals surface area contributed by atoms with Gasteiger partial charge in [0.2, 0.25) is 0 Å². The molecule has 3 rings (SSSR count). The number of carbonyl (C=O) groups excluding carboxylic acids is 2. The fraction of sp³-hybridized carbons (Fsp3) is 0.0417. The lowest BCUT2D eigenvalue weighted by atomic mass is 10.1. The molecule has 0 atom stereocenters. The monoisotopic (exact) mass is 481 g/mol. The summed E-state index contributed by atoms with van der Waals surface area (Å²) < 4.78 is 5.46. The van der Waals surface area contributed by atoms with E-state index >= 15 is 0 Å². The van der Waals surface area contributed by atoms with Gasteiger partial charge in [0.15, 0.2) is 6.61 Å². The van der Waals surface area contributed by atoms with Gasteiger partial charge in [0.05, 0.1) is 5.02 Å². The summed E-state index contributed by atoms with van der Waals surface area (Å²) in [4.78, 5) is 24.4. The minimum absolute atomic E-state index is 0.0588. The highest BCUT2D eigenvalue weighted by Gasteiger charge is 2.11. The lowest BCUT2D eigenvalue weighted by molar-refractivity contribution is -0.118. The van der Waals surface area contributed by atoms with E-state index in [1.807, 2.05) is 6.07 Å². The van der Waals surface area contributed by atoms with Crippen molar-refractivity contribution >= 4 is 52.5 Å². The molecule has 0 fully saturated rings. The number of phenolic OH excluding ortho intramolecular Hbond substituents is 1. The largest absolute Gasteiger partial charge is 0.508 e. The Morgan fingerprint density at radius 3 is 2.24 bits per heavy atom. The molecule has 0 unspecified atom stereocenters. The molecule has 0 saturated carbocycles. The summed E-state index contributed by atoms with van der Waals surface area (Å²) in [6, 6.07) is 19.0. The minimum Gasteiger partial charge on any atom is -0.508 e. The quantitative estimate of drug-likeness (QED) is 0.242. The molecule has 0 heterocycles. The van der Waals surface area contributed by atoms with E-state index in [9.17, 15) is 20.0 Å². The van der Waals surface area contributed by atoms with Crippen molar-refractivity contribution in [1.29, 1.82) is 5.26 Å². The Morgan fingerprint density at radius 1 is 0.970 bits per heavy atom. The zero-order chi connectivity index (χ0) is 23.8. The number of halogens is 2. The van der Waals surface area contributed by atoms with E-state index in [0.717, 1.165) is 0 Å². The number of carbonyl (C=O) groups is 2. The molecule has 0 aliphatic heterocycles. The predicted molar refractivity (Wildman–Crippen MR) is 127 cm³/mol. The molecule has 9 heteroatoms. The van der Waals surface area contributed by atoms with Crippen LogP contribution in [0, 0.1) is 11.3 Å². The van der Waals surface area contributed by atoms with E-state index < -0.39 is 5.91 Å². The van der Waals surface area contributed by atoms with Gasteiger partial charge in [-0.05, 0) is 72.3 Å². The van der Waals surface area contributed by atoms with Crippen molar-refractivity contribution in [2.45, 2.75) is 0 Å². The van der Waals surface area contributed by atoms with Gasteiger partial charge in [0.25, 0.3) is 11.8 Å². The lowest BCUT2D eigenvalue weighted by Crippen LogP contribution is -2.20. The van der Waals surface area contributed by atoms with Crippen LogP contribution in [0.25, 0.3) is 6.08 Å². The molecule has 3 aromatic carbocycles. The van der Waals surface area contributed by atoms with Gasteiger partial charge in [-0.15, -0.1) is 0 Å². The topological polar surface area (TPSA) is 111 Å². The second kappa shape index (κ2) is 11.0. The Morgan fingerprint density at radius 2 is 1.61 bits per heavy atom. The van der Waals surface area contributed by atoms with Gasteiger partial charge in [-0.2, -0.15) is 5.26 Å². The number of rotatable bonds is 7. The van der Waals surface area contributed by atoms with Crippen LogP contribution in [0.2, 0.25) is 10.0 Å². The van der Waals surface area contributed by atoms with Crippen LogP contribution in [-0.2, 0) is 9.59 Å². The summed E-state index contributed by atoms with van der Waals surface area (Å²) in [5, 5.41) is 24.7. The molecular formula is C24H17Cl2N3O4. The average molecular weight is 482 g/mol. The second-order valence-corrected chi connectivity index (χ2v) is 7.55. The van der Waals surface area contributed by atoms with Crippen molar-refractivity contribution in [1.82, 2.24) is 0 Å². The summed E-state index contributed by atoms with van der Waals surface area (Å²) >= 11 is 12.0. The molecule has 166 valence electrons. The Labute approximate surface area is 199 Å². The molecule has 2 amide bonds. The summed E-state index contributed by atoms with van der Waals surface area (Å²) in [5.74, 6) is -0.663. The van der Waals surface area contributed by atoms with Gasteiger partial charge in [0, 0.05) is 16.4 Å². The fourth-order valence-corrected chi connectivity index (χ4v) is 3.03. The van der Waals surface area contributed by atoms with Crippen molar-refractivity contribution in [3.8, 4) is 17.6 Å². The smallest absolute Gasteiger partial charge is 0.266 e. The van der Waals surface area contributed by atoms with Gasteiger partial charge in [-0.25, -0.2) is 0 Å². The Balaban J connectivity index is 1.62. The lowest BCUT2D eigenvalue weighted by Gasteiger charge is -2.10.